The van der Waals surface area contributed by atoms with E-state index >= 15 is 0 Å². The lowest BCUT2D eigenvalue weighted by Crippen LogP contribution is -2.22. The van der Waals surface area contributed by atoms with Gasteiger partial charge in [0.25, 0.3) is 5.95 Å². The SMILES string of the molecule is C=CCC(C)(F)c1cnn(-c2nc(N(C)Cc3cccnc3C(F)(F)F)c3cccnc3n2)c1. The fourth-order valence-corrected chi connectivity index (χ4v) is 3.57. The summed E-state index contributed by atoms with van der Waals surface area (Å²) in [5.74, 6) is 0.451. The van der Waals surface area contributed by atoms with Gasteiger partial charge >= 0.3 is 6.18 Å². The Morgan fingerprint density at radius 2 is 1.82 bits per heavy atom. The van der Waals surface area contributed by atoms with E-state index in [1.807, 2.05) is 0 Å². The van der Waals surface area contributed by atoms with E-state index in [-0.39, 0.29) is 24.5 Å². The van der Waals surface area contributed by atoms with Crippen molar-refractivity contribution in [3.63, 3.8) is 0 Å². The molecule has 0 saturated heterocycles. The average molecular weight is 471 g/mol. The highest BCUT2D eigenvalue weighted by Crippen LogP contribution is 2.32. The van der Waals surface area contributed by atoms with Crippen LogP contribution in [0, 0.1) is 0 Å². The summed E-state index contributed by atoms with van der Waals surface area (Å²) >= 11 is 0. The molecule has 0 aromatic carbocycles. The van der Waals surface area contributed by atoms with Crippen molar-refractivity contribution >= 4 is 16.9 Å². The molecule has 4 aromatic heterocycles. The summed E-state index contributed by atoms with van der Waals surface area (Å²) in [6, 6.07) is 6.23. The van der Waals surface area contributed by atoms with E-state index in [4.69, 9.17) is 0 Å². The summed E-state index contributed by atoms with van der Waals surface area (Å²) in [7, 11) is 1.61. The normalized spacial score (nSPS) is 13.6. The lowest BCUT2D eigenvalue weighted by Gasteiger charge is -2.22. The van der Waals surface area contributed by atoms with Gasteiger partial charge in [0.05, 0.1) is 11.6 Å². The molecule has 4 heterocycles. The highest BCUT2D eigenvalue weighted by atomic mass is 19.4. The molecule has 0 spiro atoms. The van der Waals surface area contributed by atoms with Gasteiger partial charge in [-0.2, -0.15) is 28.2 Å². The first-order valence-corrected chi connectivity index (χ1v) is 10.3. The monoisotopic (exact) mass is 471 g/mol. The van der Waals surface area contributed by atoms with Gasteiger partial charge < -0.3 is 4.90 Å². The molecule has 0 fully saturated rings. The molecule has 4 aromatic rings. The molecule has 34 heavy (non-hydrogen) atoms. The molecule has 0 aliphatic rings. The molecule has 0 aliphatic carbocycles. The predicted octanol–water partition coefficient (Wildman–Crippen LogP) is 5.02. The van der Waals surface area contributed by atoms with Crippen molar-refractivity contribution in [3.05, 3.63) is 78.5 Å². The smallest absolute Gasteiger partial charge is 0.355 e. The number of anilines is 1. The number of pyridine rings is 2. The maximum absolute atomic E-state index is 14.9. The van der Waals surface area contributed by atoms with E-state index in [0.29, 0.717) is 22.4 Å². The van der Waals surface area contributed by atoms with Gasteiger partial charge in [0.15, 0.2) is 5.65 Å². The van der Waals surface area contributed by atoms with E-state index in [9.17, 15) is 17.6 Å². The predicted molar refractivity (Wildman–Crippen MR) is 119 cm³/mol. The molecule has 176 valence electrons. The van der Waals surface area contributed by atoms with Crippen LogP contribution in [0.2, 0.25) is 0 Å². The number of allylic oxidation sites excluding steroid dienone is 1. The number of fused-ring (bicyclic) bond motifs is 1. The van der Waals surface area contributed by atoms with Crippen LogP contribution in [0.3, 0.4) is 0 Å². The van der Waals surface area contributed by atoms with Crippen LogP contribution in [0.5, 0.6) is 0 Å². The zero-order valence-corrected chi connectivity index (χ0v) is 18.5. The van der Waals surface area contributed by atoms with Crippen molar-refractivity contribution in [2.75, 3.05) is 11.9 Å². The first-order valence-electron chi connectivity index (χ1n) is 10.3. The highest BCUT2D eigenvalue weighted by molar-refractivity contribution is 5.87. The lowest BCUT2D eigenvalue weighted by atomic mass is 9.98. The third-order valence-electron chi connectivity index (χ3n) is 5.29. The van der Waals surface area contributed by atoms with E-state index in [1.165, 1.54) is 42.2 Å². The van der Waals surface area contributed by atoms with Crippen LogP contribution < -0.4 is 4.90 Å². The second-order valence-corrected chi connectivity index (χ2v) is 7.95. The topological polar surface area (TPSA) is 72.6 Å². The zero-order chi connectivity index (χ0) is 24.5. The van der Waals surface area contributed by atoms with Gasteiger partial charge in [-0.05, 0) is 25.1 Å². The summed E-state index contributed by atoms with van der Waals surface area (Å²) < 4.78 is 56.5. The van der Waals surface area contributed by atoms with Gasteiger partial charge in [0.2, 0.25) is 0 Å². The molecule has 0 radical (unpaired) electrons. The summed E-state index contributed by atoms with van der Waals surface area (Å²) in [6.45, 7) is 4.88. The van der Waals surface area contributed by atoms with E-state index in [1.54, 1.807) is 30.3 Å². The lowest BCUT2D eigenvalue weighted by molar-refractivity contribution is -0.141. The molecular formula is C23H21F4N7. The third-order valence-corrected chi connectivity index (χ3v) is 5.29. The maximum atomic E-state index is 14.9. The van der Waals surface area contributed by atoms with Crippen LogP contribution in [0.1, 0.15) is 30.2 Å². The number of nitrogens with zero attached hydrogens (tertiary/aromatic N) is 7. The third kappa shape index (κ3) is 4.59. The van der Waals surface area contributed by atoms with Gasteiger partial charge in [0, 0.05) is 49.7 Å². The minimum Gasteiger partial charge on any atom is -0.355 e. The van der Waals surface area contributed by atoms with Gasteiger partial charge in [-0.3, -0.25) is 4.98 Å². The van der Waals surface area contributed by atoms with E-state index < -0.39 is 17.5 Å². The van der Waals surface area contributed by atoms with Crippen LogP contribution in [-0.2, 0) is 18.4 Å². The fraction of sp³-hybridized carbons (Fsp3) is 0.261. The van der Waals surface area contributed by atoms with Gasteiger partial charge in [-0.25, -0.2) is 14.1 Å². The summed E-state index contributed by atoms with van der Waals surface area (Å²) in [4.78, 5) is 18.3. The van der Waals surface area contributed by atoms with Crippen molar-refractivity contribution in [2.24, 2.45) is 0 Å². The Morgan fingerprint density at radius 1 is 1.09 bits per heavy atom. The van der Waals surface area contributed by atoms with Crippen LogP contribution in [0.15, 0.2) is 61.7 Å². The van der Waals surface area contributed by atoms with Crippen LogP contribution in [0.25, 0.3) is 17.0 Å². The average Bonchev–Trinajstić information content (AvgIpc) is 3.29. The Labute approximate surface area is 192 Å². The molecule has 1 atom stereocenters. The molecule has 0 amide bonds. The van der Waals surface area contributed by atoms with Gasteiger partial charge in [-0.1, -0.05) is 12.1 Å². The first-order chi connectivity index (χ1) is 16.1. The molecule has 0 N–H and O–H groups in total. The van der Waals surface area contributed by atoms with Crippen molar-refractivity contribution in [2.45, 2.75) is 31.7 Å². The molecule has 0 bridgehead atoms. The Hall–Kier alpha value is -3.89. The molecule has 11 heteroatoms. The van der Waals surface area contributed by atoms with Crippen molar-refractivity contribution in [3.8, 4) is 5.95 Å². The molecule has 7 nitrogen and oxygen atoms in total. The largest absolute Gasteiger partial charge is 0.433 e. The highest BCUT2D eigenvalue weighted by Gasteiger charge is 2.35. The van der Waals surface area contributed by atoms with Crippen molar-refractivity contribution in [1.82, 2.24) is 29.7 Å². The molecule has 0 aliphatic heterocycles. The number of alkyl halides is 4. The zero-order valence-electron chi connectivity index (χ0n) is 18.5. The van der Waals surface area contributed by atoms with Crippen LogP contribution in [-0.4, -0.2) is 36.8 Å². The first kappa shape index (κ1) is 23.3. The Bertz CT molecular complexity index is 1330. The van der Waals surface area contributed by atoms with Gasteiger partial charge in [0.1, 0.15) is 17.2 Å². The van der Waals surface area contributed by atoms with Crippen LogP contribution in [0.4, 0.5) is 23.4 Å². The quantitative estimate of drug-likeness (QED) is 0.278. The van der Waals surface area contributed by atoms with E-state index in [2.05, 4.69) is 31.6 Å². The Balaban J connectivity index is 1.76. The number of hydrogen-bond donors (Lipinski definition) is 0. The molecule has 0 saturated carbocycles. The second-order valence-electron chi connectivity index (χ2n) is 7.95. The van der Waals surface area contributed by atoms with Crippen LogP contribution >= 0.6 is 0 Å². The molecule has 4 rings (SSSR count). The number of aromatic nitrogens is 6. The summed E-state index contributed by atoms with van der Waals surface area (Å²) in [6.07, 6.45) is 2.49. The number of rotatable bonds is 7. The Kier molecular flexibility index (Phi) is 6.03. The number of hydrogen-bond acceptors (Lipinski definition) is 6. The minimum absolute atomic E-state index is 0.00583. The summed E-state index contributed by atoms with van der Waals surface area (Å²) in [5.41, 5.74) is -2.00. The minimum atomic E-state index is -4.59. The second kappa shape index (κ2) is 8.81. The van der Waals surface area contributed by atoms with Gasteiger partial charge in [-0.15, -0.1) is 6.58 Å². The van der Waals surface area contributed by atoms with Crippen molar-refractivity contribution < 1.29 is 17.6 Å². The van der Waals surface area contributed by atoms with Crippen molar-refractivity contribution in [1.29, 1.82) is 0 Å². The molecular weight excluding hydrogens is 450 g/mol. The fourth-order valence-electron chi connectivity index (χ4n) is 3.57. The Morgan fingerprint density at radius 3 is 2.56 bits per heavy atom. The summed E-state index contributed by atoms with van der Waals surface area (Å²) in [5, 5.41) is 4.73. The van der Waals surface area contributed by atoms with E-state index in [0.717, 1.165) is 6.20 Å². The standard InChI is InChI=1S/C23H21F4N7/c1-4-9-22(2,24)16-12-30-34(14-16)21-31-19-17(8-6-11-29-19)20(32-21)33(3)13-15-7-5-10-28-18(15)23(25,26)27/h4-8,10-12,14H,1,9,13H2,2-3H3. The number of halogens is 4. The molecule has 1 unspecified atom stereocenters. The maximum Gasteiger partial charge on any atom is 0.433 e.